The zero-order valence-corrected chi connectivity index (χ0v) is 7.00. The molecule has 0 aromatic carbocycles. The molecule has 1 heterocycles. The van der Waals surface area contributed by atoms with Gasteiger partial charge in [0.15, 0.2) is 0 Å². The van der Waals surface area contributed by atoms with Crippen molar-refractivity contribution in [1.29, 1.82) is 5.26 Å². The average Bonchev–Trinajstić information content (AvgIpc) is 2.36. The van der Waals surface area contributed by atoms with Crippen LogP contribution < -0.4 is 0 Å². The lowest BCUT2D eigenvalue weighted by molar-refractivity contribution is 0.596. The number of nitriles is 1. The van der Waals surface area contributed by atoms with E-state index >= 15 is 0 Å². The molecule has 0 aliphatic carbocycles. The maximum atomic E-state index is 8.79. The van der Waals surface area contributed by atoms with Crippen LogP contribution in [0, 0.1) is 11.3 Å². The van der Waals surface area contributed by atoms with Gasteiger partial charge >= 0.3 is 0 Å². The molecule has 0 N–H and O–H groups in total. The van der Waals surface area contributed by atoms with Gasteiger partial charge in [-0.3, -0.25) is 0 Å². The van der Waals surface area contributed by atoms with Crippen LogP contribution in [-0.4, -0.2) is 9.55 Å². The first kappa shape index (κ1) is 7.80. The smallest absolute Gasteiger partial charge is 0.128 e. The van der Waals surface area contributed by atoms with Crippen molar-refractivity contribution in [1.82, 2.24) is 9.55 Å². The van der Waals surface area contributed by atoms with Gasteiger partial charge in [0.25, 0.3) is 0 Å². The van der Waals surface area contributed by atoms with Gasteiger partial charge in [-0.15, -0.1) is 0 Å². The van der Waals surface area contributed by atoms with E-state index in [1.54, 1.807) is 6.20 Å². The van der Waals surface area contributed by atoms with Gasteiger partial charge in [-0.2, -0.15) is 5.26 Å². The number of aryl methyl sites for hydroxylation is 1. The van der Waals surface area contributed by atoms with Crippen LogP contribution in [0.15, 0.2) is 12.4 Å². The fourth-order valence-corrected chi connectivity index (χ4v) is 1.02. The van der Waals surface area contributed by atoms with Gasteiger partial charge < -0.3 is 4.57 Å². The SMILES string of the molecule is Cn1ccnc1C(C)(C)C#N. The van der Waals surface area contributed by atoms with E-state index in [0.29, 0.717) is 0 Å². The van der Waals surface area contributed by atoms with E-state index < -0.39 is 5.41 Å². The van der Waals surface area contributed by atoms with Gasteiger partial charge in [0.1, 0.15) is 11.2 Å². The molecule has 0 atom stereocenters. The van der Waals surface area contributed by atoms with Crippen LogP contribution in [-0.2, 0) is 12.5 Å². The largest absolute Gasteiger partial charge is 0.337 e. The number of hydrogen-bond donors (Lipinski definition) is 0. The molecular formula is C8H11N3. The minimum atomic E-state index is -0.488. The van der Waals surface area contributed by atoms with Crippen molar-refractivity contribution in [3.63, 3.8) is 0 Å². The van der Waals surface area contributed by atoms with Gasteiger partial charge in [0.2, 0.25) is 0 Å². The van der Waals surface area contributed by atoms with Crippen LogP contribution in [0.3, 0.4) is 0 Å². The Labute approximate surface area is 66.3 Å². The zero-order chi connectivity index (χ0) is 8.48. The summed E-state index contributed by atoms with van der Waals surface area (Å²) in [6.07, 6.45) is 3.54. The number of rotatable bonds is 1. The van der Waals surface area contributed by atoms with Gasteiger partial charge in [-0.1, -0.05) is 0 Å². The Morgan fingerprint density at radius 2 is 2.27 bits per heavy atom. The normalized spacial score (nSPS) is 11.1. The molecule has 0 spiro atoms. The summed E-state index contributed by atoms with van der Waals surface area (Å²) in [7, 11) is 1.89. The van der Waals surface area contributed by atoms with E-state index in [2.05, 4.69) is 11.1 Å². The number of nitrogens with zero attached hydrogens (tertiary/aromatic N) is 3. The van der Waals surface area contributed by atoms with Gasteiger partial charge in [0, 0.05) is 19.4 Å². The molecule has 0 amide bonds. The summed E-state index contributed by atoms with van der Waals surface area (Å²) in [5.74, 6) is 0.806. The highest BCUT2D eigenvalue weighted by Crippen LogP contribution is 2.18. The molecule has 11 heavy (non-hydrogen) atoms. The summed E-state index contributed by atoms with van der Waals surface area (Å²) < 4.78 is 1.86. The summed E-state index contributed by atoms with van der Waals surface area (Å²) in [4.78, 5) is 4.10. The van der Waals surface area contributed by atoms with E-state index in [1.165, 1.54) is 0 Å². The van der Waals surface area contributed by atoms with Crippen LogP contribution in [0.25, 0.3) is 0 Å². The minimum absolute atomic E-state index is 0.488. The molecule has 58 valence electrons. The second kappa shape index (κ2) is 2.39. The third-order valence-corrected chi connectivity index (χ3v) is 1.66. The van der Waals surface area contributed by atoms with Crippen LogP contribution in [0.2, 0.25) is 0 Å². The van der Waals surface area contributed by atoms with Gasteiger partial charge in [-0.05, 0) is 13.8 Å². The van der Waals surface area contributed by atoms with Crippen molar-refractivity contribution >= 4 is 0 Å². The molecule has 0 saturated carbocycles. The Morgan fingerprint density at radius 3 is 2.64 bits per heavy atom. The lowest BCUT2D eigenvalue weighted by Crippen LogP contribution is -2.19. The van der Waals surface area contributed by atoms with Crippen molar-refractivity contribution in [2.24, 2.45) is 7.05 Å². The van der Waals surface area contributed by atoms with Gasteiger partial charge in [-0.25, -0.2) is 4.98 Å². The number of imidazole rings is 1. The Kier molecular flexibility index (Phi) is 1.69. The first-order valence-corrected chi connectivity index (χ1v) is 3.47. The van der Waals surface area contributed by atoms with Crippen LogP contribution in [0.4, 0.5) is 0 Å². The highest BCUT2D eigenvalue weighted by molar-refractivity contribution is 5.17. The monoisotopic (exact) mass is 149 g/mol. The second-order valence-electron chi connectivity index (χ2n) is 3.10. The molecule has 0 unspecified atom stereocenters. The Bertz CT molecular complexity index is 291. The molecule has 0 aliphatic heterocycles. The lowest BCUT2D eigenvalue weighted by atomic mass is 9.95. The standard InChI is InChI=1S/C8H11N3/c1-8(2,6-9)7-10-4-5-11(7)3/h4-5H,1-3H3. The lowest BCUT2D eigenvalue weighted by Gasteiger charge is -2.13. The Morgan fingerprint density at radius 1 is 1.64 bits per heavy atom. The minimum Gasteiger partial charge on any atom is -0.337 e. The summed E-state index contributed by atoms with van der Waals surface area (Å²) in [5, 5.41) is 8.79. The third-order valence-electron chi connectivity index (χ3n) is 1.66. The second-order valence-corrected chi connectivity index (χ2v) is 3.10. The maximum absolute atomic E-state index is 8.79. The summed E-state index contributed by atoms with van der Waals surface area (Å²) in [6.45, 7) is 3.71. The molecule has 0 radical (unpaired) electrons. The zero-order valence-electron chi connectivity index (χ0n) is 7.00. The van der Waals surface area contributed by atoms with Crippen LogP contribution in [0.1, 0.15) is 19.7 Å². The van der Waals surface area contributed by atoms with E-state index in [4.69, 9.17) is 5.26 Å². The molecule has 0 bridgehead atoms. The summed E-state index contributed by atoms with van der Waals surface area (Å²) in [6, 6.07) is 2.20. The van der Waals surface area contributed by atoms with Crippen LogP contribution >= 0.6 is 0 Å². The topological polar surface area (TPSA) is 41.6 Å². The fourth-order valence-electron chi connectivity index (χ4n) is 1.02. The summed E-state index contributed by atoms with van der Waals surface area (Å²) in [5.41, 5.74) is -0.488. The maximum Gasteiger partial charge on any atom is 0.128 e. The highest BCUT2D eigenvalue weighted by Gasteiger charge is 2.23. The molecule has 1 aromatic rings. The predicted molar refractivity (Wildman–Crippen MR) is 41.8 cm³/mol. The van der Waals surface area contributed by atoms with Crippen molar-refractivity contribution < 1.29 is 0 Å². The van der Waals surface area contributed by atoms with E-state index in [0.717, 1.165) is 5.82 Å². The molecule has 0 aliphatic rings. The molecule has 0 saturated heterocycles. The molecule has 1 aromatic heterocycles. The Balaban J connectivity index is 3.13. The van der Waals surface area contributed by atoms with Crippen molar-refractivity contribution in [3.8, 4) is 6.07 Å². The number of hydrogen-bond acceptors (Lipinski definition) is 2. The highest BCUT2D eigenvalue weighted by atomic mass is 15.0. The van der Waals surface area contributed by atoms with Crippen molar-refractivity contribution in [2.45, 2.75) is 19.3 Å². The quantitative estimate of drug-likeness (QED) is 0.602. The summed E-state index contributed by atoms with van der Waals surface area (Å²) >= 11 is 0. The molecular weight excluding hydrogens is 138 g/mol. The fraction of sp³-hybridized carbons (Fsp3) is 0.500. The van der Waals surface area contributed by atoms with Crippen molar-refractivity contribution in [3.05, 3.63) is 18.2 Å². The molecule has 0 fully saturated rings. The predicted octanol–water partition coefficient (Wildman–Crippen LogP) is 1.22. The molecule has 3 nitrogen and oxygen atoms in total. The third kappa shape index (κ3) is 1.25. The van der Waals surface area contributed by atoms with Gasteiger partial charge in [0.05, 0.1) is 6.07 Å². The number of aromatic nitrogens is 2. The van der Waals surface area contributed by atoms with E-state index in [1.807, 2.05) is 31.7 Å². The van der Waals surface area contributed by atoms with Crippen molar-refractivity contribution in [2.75, 3.05) is 0 Å². The van der Waals surface area contributed by atoms with E-state index in [9.17, 15) is 0 Å². The van der Waals surface area contributed by atoms with Crippen LogP contribution in [0.5, 0.6) is 0 Å². The first-order chi connectivity index (χ1) is 5.08. The Hall–Kier alpha value is -1.30. The van der Waals surface area contributed by atoms with E-state index in [-0.39, 0.29) is 0 Å². The first-order valence-electron chi connectivity index (χ1n) is 3.47. The molecule has 3 heteroatoms. The molecule has 1 rings (SSSR count). The average molecular weight is 149 g/mol.